The molecule has 10 rings (SSSR count). The Balaban J connectivity index is 0.000000176. The van der Waals surface area contributed by atoms with Gasteiger partial charge in [-0.2, -0.15) is 10.2 Å². The number of benzene rings is 2. The monoisotopic (exact) mass is 968 g/mol. The van der Waals surface area contributed by atoms with Crippen LogP contribution in [0.15, 0.2) is 62.2 Å². The van der Waals surface area contributed by atoms with Crippen molar-refractivity contribution in [2.45, 2.75) is 74.8 Å². The van der Waals surface area contributed by atoms with Gasteiger partial charge in [-0.3, -0.25) is 19.2 Å². The first-order valence-electron chi connectivity index (χ1n) is 22.8. The maximum atomic E-state index is 14.9. The van der Waals surface area contributed by atoms with Crippen molar-refractivity contribution in [2.75, 3.05) is 44.9 Å². The van der Waals surface area contributed by atoms with E-state index in [9.17, 15) is 33.1 Å². The first-order valence-corrected chi connectivity index (χ1v) is 22.8. The van der Waals surface area contributed by atoms with Gasteiger partial charge in [-0.05, 0) is 74.7 Å². The van der Waals surface area contributed by atoms with E-state index in [1.807, 2.05) is 9.13 Å². The zero-order valence-corrected chi connectivity index (χ0v) is 38.6. The van der Waals surface area contributed by atoms with Crippen molar-refractivity contribution >= 4 is 57.3 Å². The number of anilines is 2. The van der Waals surface area contributed by atoms with Crippen molar-refractivity contribution in [1.82, 2.24) is 48.5 Å². The van der Waals surface area contributed by atoms with E-state index in [0.29, 0.717) is 54.6 Å². The van der Waals surface area contributed by atoms with Crippen molar-refractivity contribution in [2.24, 2.45) is 11.5 Å². The fourth-order valence-electron chi connectivity index (χ4n) is 9.38. The Hall–Kier alpha value is -8.34. The summed E-state index contributed by atoms with van der Waals surface area (Å²) in [6.45, 7) is 7.63. The van der Waals surface area contributed by atoms with Crippen LogP contribution in [0.25, 0.3) is 22.1 Å². The number of aliphatic hydroxyl groups excluding tert-OH is 1. The number of aromatic nitrogens is 8. The quantitative estimate of drug-likeness (QED) is 0.0926. The molecule has 2 aliphatic carbocycles. The maximum absolute atomic E-state index is 14.9. The molecule has 4 aliphatic rings. The van der Waals surface area contributed by atoms with Gasteiger partial charge in [-0.1, -0.05) is 25.0 Å². The molecule has 6 aromatic rings. The zero-order chi connectivity index (χ0) is 50.4. The van der Waals surface area contributed by atoms with Gasteiger partial charge >= 0.3 is 0 Å². The van der Waals surface area contributed by atoms with Crippen molar-refractivity contribution in [3.8, 4) is 23.7 Å². The molecule has 20 nitrogen and oxygen atoms in total. The second-order valence-corrected chi connectivity index (χ2v) is 17.9. The summed E-state index contributed by atoms with van der Waals surface area (Å²) < 4.78 is 41.7. The minimum atomic E-state index is -0.826. The van der Waals surface area contributed by atoms with E-state index in [0.717, 1.165) is 31.2 Å². The van der Waals surface area contributed by atoms with E-state index >= 15 is 0 Å². The van der Waals surface area contributed by atoms with Gasteiger partial charge < -0.3 is 51.7 Å². The smallest absolute Gasteiger partial charge is 0.255 e. The number of likely N-dealkylation sites (tertiary alicyclic amines) is 2. The Morgan fingerprint density at radius 2 is 1.13 bits per heavy atom. The number of imidazole rings is 2. The number of methoxy groups -OCH3 is 1. The molecule has 2 saturated heterocycles. The molecule has 6 heterocycles. The molecule has 9 N–H and O–H groups in total. The van der Waals surface area contributed by atoms with Crippen molar-refractivity contribution in [3.05, 3.63) is 108 Å². The van der Waals surface area contributed by atoms with Crippen LogP contribution in [0.4, 0.5) is 20.4 Å². The van der Waals surface area contributed by atoms with Gasteiger partial charge in [0.2, 0.25) is 11.8 Å². The molecule has 4 amide bonds. The molecule has 4 fully saturated rings. The first kappa shape index (κ1) is 47.7. The van der Waals surface area contributed by atoms with Crippen molar-refractivity contribution in [3.63, 3.8) is 0 Å². The highest BCUT2D eigenvalue weighted by molar-refractivity contribution is 6.00. The summed E-state index contributed by atoms with van der Waals surface area (Å²) in [5.41, 5.74) is 26.4. The van der Waals surface area contributed by atoms with E-state index in [1.165, 1.54) is 38.5 Å². The van der Waals surface area contributed by atoms with Crippen LogP contribution < -0.4 is 22.9 Å². The Bertz CT molecular complexity index is 3300. The fourth-order valence-corrected chi connectivity index (χ4v) is 9.38. The normalized spacial score (nSPS) is 19.4. The third-order valence-corrected chi connectivity index (χ3v) is 13.2. The lowest BCUT2D eigenvalue weighted by Gasteiger charge is -2.22. The first-order chi connectivity index (χ1) is 34.1. The van der Waals surface area contributed by atoms with Gasteiger partial charge in [-0.25, -0.2) is 28.1 Å². The second-order valence-electron chi connectivity index (χ2n) is 17.9. The lowest BCUT2D eigenvalue weighted by Crippen LogP contribution is -2.37. The van der Waals surface area contributed by atoms with Gasteiger partial charge in [-0.15, -0.1) is 0 Å². The van der Waals surface area contributed by atoms with Crippen LogP contribution in [0.5, 0.6) is 0 Å². The summed E-state index contributed by atoms with van der Waals surface area (Å²) in [5, 5.41) is 18.5. The summed E-state index contributed by atoms with van der Waals surface area (Å²) in [6.07, 6.45) is 10.9. The average Bonchev–Trinajstić information content (AvgIpc) is 4.05. The molecule has 0 spiro atoms. The van der Waals surface area contributed by atoms with Crippen LogP contribution in [-0.4, -0.2) is 123 Å². The van der Waals surface area contributed by atoms with Gasteiger partial charge in [0.1, 0.15) is 34.4 Å². The minimum Gasteiger partial charge on any atom is -0.394 e. The van der Waals surface area contributed by atoms with E-state index < -0.39 is 35.5 Å². The molecule has 2 aromatic carbocycles. The lowest BCUT2D eigenvalue weighted by atomic mass is 10.1. The maximum Gasteiger partial charge on any atom is 0.255 e. The topological polar surface area (TPSA) is 280 Å². The van der Waals surface area contributed by atoms with E-state index in [-0.39, 0.29) is 82.3 Å². The highest BCUT2D eigenvalue weighted by atomic mass is 19.1. The number of nitrogens with zero attached hydrogens (tertiary/aromatic N) is 10. The Kier molecular flexibility index (Phi) is 12.9. The number of nitrogens with two attached hydrogens (primary N) is 4. The number of amides is 4. The number of nitrogen functional groups attached to an aromatic ring is 2. The molecule has 22 heteroatoms. The molecular weight excluding hydrogens is 919 g/mol. The number of carbonyl (C=O) groups excluding carboxylic acids is 4. The standard InChI is InChI=1S/C25H26FN7O3.C24H24FN7O3/c1-3-22(34)31-11-16(9-17(31)12-36-2)33-24(27)23(25(28)35)19(30-33)7-4-14-8-20-21(10-18(14)26)32(13-29-20)15-5-6-15;1-2-21(34)30-10-15(8-16(30)11-33)32-23(26)22(24(27)35)18(29-32)6-3-13-7-19-20(9-17(13)25)31(12-28-19)14-4-5-14/h3,8,10,13,15-17H,1,5-6,9,11-12,27H2,2H3,(H2,28,35);2,7,9,12,14-16,33H,1,4-5,8,10-11,26H2,(H2,27,35)/t16-,17+;15-,16+/m00/s1. The zero-order valence-electron chi connectivity index (χ0n) is 38.6. The Labute approximate surface area is 404 Å². The summed E-state index contributed by atoms with van der Waals surface area (Å²) in [5.74, 6) is 7.81. The average molecular weight is 969 g/mol. The Morgan fingerprint density at radius 3 is 1.51 bits per heavy atom. The number of carbonyl (C=O) groups is 4. The van der Waals surface area contributed by atoms with E-state index in [1.54, 1.807) is 36.8 Å². The largest absolute Gasteiger partial charge is 0.394 e. The molecule has 71 heavy (non-hydrogen) atoms. The lowest BCUT2D eigenvalue weighted by molar-refractivity contribution is -0.128. The number of primary amides is 2. The summed E-state index contributed by atoms with van der Waals surface area (Å²) in [6, 6.07) is 5.29. The number of rotatable bonds is 11. The molecular formula is C49H50F2N14O6. The summed E-state index contributed by atoms with van der Waals surface area (Å²) in [7, 11) is 1.55. The molecule has 0 unspecified atom stereocenters. The predicted octanol–water partition coefficient (Wildman–Crippen LogP) is 2.87. The van der Waals surface area contributed by atoms with Crippen LogP contribution in [-0.2, 0) is 14.3 Å². The van der Waals surface area contributed by atoms with E-state index in [2.05, 4.69) is 57.0 Å². The SMILES string of the molecule is C=CC(=O)N1C[C@@H](n2nc(C#Cc3cc4ncn(C5CC5)c4cc3F)c(C(N)=O)c2N)C[C@@H]1CO.C=CC(=O)N1C[C@@H](n2nc(C#Cc3cc4ncn(C5CC5)c4cc3F)c(C(N)=O)c2N)C[C@@H]1COC. The molecule has 366 valence electrons. The van der Waals surface area contributed by atoms with Gasteiger partial charge in [0, 0.05) is 44.4 Å². The molecule has 2 aliphatic heterocycles. The summed E-state index contributed by atoms with van der Waals surface area (Å²) >= 11 is 0. The number of halogens is 2. The number of hydrogen-bond donors (Lipinski definition) is 5. The highest BCUT2D eigenvalue weighted by Crippen LogP contribution is 2.39. The molecule has 4 atom stereocenters. The minimum absolute atomic E-state index is 0.00417. The van der Waals surface area contributed by atoms with Crippen LogP contribution >= 0.6 is 0 Å². The number of fused-ring (bicyclic) bond motifs is 2. The van der Waals surface area contributed by atoms with Gasteiger partial charge in [0.05, 0.1) is 83.2 Å². The third kappa shape index (κ3) is 9.18. The molecule has 2 saturated carbocycles. The molecule has 0 bridgehead atoms. The second kappa shape index (κ2) is 19.2. The predicted molar refractivity (Wildman–Crippen MR) is 256 cm³/mol. The third-order valence-electron chi connectivity index (χ3n) is 13.2. The number of aliphatic hydroxyl groups is 1. The molecule has 0 radical (unpaired) electrons. The molecule has 4 aromatic heterocycles. The van der Waals surface area contributed by atoms with E-state index in [4.69, 9.17) is 27.7 Å². The number of ether oxygens (including phenoxy) is 1. The number of hydrogen-bond acceptors (Lipinski definition) is 12. The van der Waals surface area contributed by atoms with Crippen molar-refractivity contribution < 1.29 is 37.8 Å². The van der Waals surface area contributed by atoms with Gasteiger partial charge in [0.25, 0.3) is 11.8 Å². The summed E-state index contributed by atoms with van der Waals surface area (Å²) in [4.78, 5) is 60.7. The van der Waals surface area contributed by atoms with Crippen LogP contribution in [0.2, 0.25) is 0 Å². The van der Waals surface area contributed by atoms with Crippen LogP contribution in [0, 0.1) is 35.3 Å². The van der Waals surface area contributed by atoms with Crippen molar-refractivity contribution in [1.29, 1.82) is 0 Å². The highest BCUT2D eigenvalue weighted by Gasteiger charge is 2.39. The Morgan fingerprint density at radius 1 is 0.704 bits per heavy atom. The van der Waals surface area contributed by atoms with Crippen LogP contribution in [0.1, 0.15) is 106 Å². The van der Waals surface area contributed by atoms with Crippen LogP contribution in [0.3, 0.4) is 0 Å². The van der Waals surface area contributed by atoms with Gasteiger partial charge in [0.15, 0.2) is 11.4 Å². The fraction of sp³-hybridized carbons (Fsp3) is 0.347.